The lowest BCUT2D eigenvalue weighted by atomic mass is 10.2. The predicted octanol–water partition coefficient (Wildman–Crippen LogP) is 0.943. The van der Waals surface area contributed by atoms with Crippen LogP contribution in [0.3, 0.4) is 0 Å². The lowest BCUT2D eigenvalue weighted by Gasteiger charge is -2.06. The summed E-state index contributed by atoms with van der Waals surface area (Å²) < 4.78 is 12.8. The molecule has 0 unspecified atom stereocenters. The quantitative estimate of drug-likeness (QED) is 0.656. The van der Waals surface area contributed by atoms with E-state index in [0.29, 0.717) is 24.2 Å². The van der Waals surface area contributed by atoms with Crippen LogP contribution in [0.4, 0.5) is 4.39 Å². The Kier molecular flexibility index (Phi) is 6.19. The number of rotatable bonds is 7. The van der Waals surface area contributed by atoms with Gasteiger partial charge in [0.25, 0.3) is 11.8 Å². The van der Waals surface area contributed by atoms with Gasteiger partial charge in [0, 0.05) is 30.5 Å². The summed E-state index contributed by atoms with van der Waals surface area (Å²) in [5.41, 5.74) is 6.15. The van der Waals surface area contributed by atoms with Gasteiger partial charge in [0.05, 0.1) is 5.01 Å². The second-order valence-electron chi connectivity index (χ2n) is 4.68. The van der Waals surface area contributed by atoms with Gasteiger partial charge in [-0.1, -0.05) is 0 Å². The van der Waals surface area contributed by atoms with Crippen LogP contribution in [0.15, 0.2) is 29.6 Å². The Morgan fingerprint density at radius 1 is 1.13 bits per heavy atom. The normalized spacial score (nSPS) is 10.3. The van der Waals surface area contributed by atoms with E-state index in [4.69, 9.17) is 5.73 Å². The number of hydrogen-bond donors (Lipinski definition) is 3. The van der Waals surface area contributed by atoms with E-state index in [1.807, 2.05) is 0 Å². The van der Waals surface area contributed by atoms with E-state index >= 15 is 0 Å². The standard InChI is InChI=1S/C15H17FN4O2S/c16-11-3-1-10(2-4-11)14(21)18-7-8-19-15(22)12-9-23-13(20-12)5-6-17/h1-4,9H,5-8,17H2,(H,18,21)(H,19,22). The third-order valence-electron chi connectivity index (χ3n) is 2.95. The van der Waals surface area contributed by atoms with Gasteiger partial charge < -0.3 is 16.4 Å². The van der Waals surface area contributed by atoms with E-state index in [1.165, 1.54) is 35.6 Å². The molecule has 1 aromatic heterocycles. The lowest BCUT2D eigenvalue weighted by molar-refractivity contribution is 0.0925. The molecule has 2 amide bonds. The molecule has 0 aliphatic rings. The molecule has 0 bridgehead atoms. The summed E-state index contributed by atoms with van der Waals surface area (Å²) in [5, 5.41) is 7.81. The highest BCUT2D eigenvalue weighted by atomic mass is 32.1. The van der Waals surface area contributed by atoms with Crippen molar-refractivity contribution in [3.63, 3.8) is 0 Å². The molecule has 0 radical (unpaired) electrons. The Morgan fingerprint density at radius 2 is 1.78 bits per heavy atom. The van der Waals surface area contributed by atoms with Crippen molar-refractivity contribution in [2.45, 2.75) is 6.42 Å². The molecule has 0 aliphatic carbocycles. The Balaban J connectivity index is 1.72. The van der Waals surface area contributed by atoms with Crippen LogP contribution in [-0.4, -0.2) is 36.4 Å². The van der Waals surface area contributed by atoms with Crippen LogP contribution < -0.4 is 16.4 Å². The summed E-state index contributed by atoms with van der Waals surface area (Å²) in [7, 11) is 0. The number of carbonyl (C=O) groups is 2. The van der Waals surface area contributed by atoms with Crippen molar-refractivity contribution in [3.05, 3.63) is 51.7 Å². The molecule has 6 nitrogen and oxygen atoms in total. The maximum absolute atomic E-state index is 12.8. The fourth-order valence-corrected chi connectivity index (χ4v) is 2.59. The zero-order chi connectivity index (χ0) is 16.7. The van der Waals surface area contributed by atoms with Crippen molar-refractivity contribution in [3.8, 4) is 0 Å². The minimum absolute atomic E-state index is 0.266. The average molecular weight is 336 g/mol. The molecule has 0 aliphatic heterocycles. The average Bonchev–Trinajstić information content (AvgIpc) is 3.01. The van der Waals surface area contributed by atoms with Crippen LogP contribution in [0.2, 0.25) is 0 Å². The Morgan fingerprint density at radius 3 is 2.43 bits per heavy atom. The molecule has 2 aromatic rings. The van der Waals surface area contributed by atoms with Crippen LogP contribution in [0.1, 0.15) is 25.9 Å². The van der Waals surface area contributed by atoms with E-state index in [2.05, 4.69) is 15.6 Å². The number of halogens is 1. The van der Waals surface area contributed by atoms with Crippen LogP contribution >= 0.6 is 11.3 Å². The highest BCUT2D eigenvalue weighted by Crippen LogP contribution is 2.09. The van der Waals surface area contributed by atoms with E-state index < -0.39 is 5.82 Å². The molecule has 8 heteroatoms. The van der Waals surface area contributed by atoms with E-state index in [9.17, 15) is 14.0 Å². The molecule has 23 heavy (non-hydrogen) atoms. The topological polar surface area (TPSA) is 97.1 Å². The fraction of sp³-hybridized carbons (Fsp3) is 0.267. The lowest BCUT2D eigenvalue weighted by Crippen LogP contribution is -2.34. The molecule has 1 heterocycles. The SMILES string of the molecule is NCCc1nc(C(=O)NCCNC(=O)c2ccc(F)cc2)cs1. The largest absolute Gasteiger partial charge is 0.350 e. The van der Waals surface area contributed by atoms with Gasteiger partial charge in [-0.15, -0.1) is 11.3 Å². The van der Waals surface area contributed by atoms with Gasteiger partial charge in [0.1, 0.15) is 11.5 Å². The number of benzene rings is 1. The van der Waals surface area contributed by atoms with Crippen molar-refractivity contribution < 1.29 is 14.0 Å². The summed E-state index contributed by atoms with van der Waals surface area (Å²) in [6.45, 7) is 1.03. The molecule has 0 saturated heterocycles. The predicted molar refractivity (Wildman–Crippen MR) is 85.9 cm³/mol. The Bertz CT molecular complexity index is 672. The number of nitrogens with two attached hydrogens (primary N) is 1. The highest BCUT2D eigenvalue weighted by Gasteiger charge is 2.10. The molecule has 4 N–H and O–H groups in total. The smallest absolute Gasteiger partial charge is 0.270 e. The van der Waals surface area contributed by atoms with E-state index in [1.54, 1.807) is 5.38 Å². The van der Waals surface area contributed by atoms with Crippen LogP contribution in [0, 0.1) is 5.82 Å². The molecule has 0 spiro atoms. The van der Waals surface area contributed by atoms with Gasteiger partial charge in [-0.2, -0.15) is 0 Å². The molecule has 2 rings (SSSR count). The van der Waals surface area contributed by atoms with E-state index in [0.717, 1.165) is 5.01 Å². The second-order valence-corrected chi connectivity index (χ2v) is 5.63. The number of amides is 2. The summed E-state index contributed by atoms with van der Waals surface area (Å²) in [4.78, 5) is 27.8. The van der Waals surface area contributed by atoms with Gasteiger partial charge >= 0.3 is 0 Å². The first-order chi connectivity index (χ1) is 11.1. The molecule has 0 fully saturated rings. The third-order valence-corrected chi connectivity index (χ3v) is 3.85. The minimum Gasteiger partial charge on any atom is -0.350 e. The Labute approximate surface area is 136 Å². The number of hydrogen-bond acceptors (Lipinski definition) is 5. The number of carbonyl (C=O) groups excluding carboxylic acids is 2. The van der Waals surface area contributed by atoms with Gasteiger partial charge in [-0.25, -0.2) is 9.37 Å². The number of aromatic nitrogens is 1. The van der Waals surface area contributed by atoms with Crippen molar-refractivity contribution in [2.75, 3.05) is 19.6 Å². The van der Waals surface area contributed by atoms with Crippen LogP contribution in [0.5, 0.6) is 0 Å². The van der Waals surface area contributed by atoms with Gasteiger partial charge in [-0.05, 0) is 30.8 Å². The first-order valence-corrected chi connectivity index (χ1v) is 7.94. The van der Waals surface area contributed by atoms with Crippen LogP contribution in [-0.2, 0) is 6.42 Å². The van der Waals surface area contributed by atoms with E-state index in [-0.39, 0.29) is 24.9 Å². The van der Waals surface area contributed by atoms with Crippen molar-refractivity contribution in [2.24, 2.45) is 5.73 Å². The second kappa shape index (κ2) is 8.35. The van der Waals surface area contributed by atoms with Gasteiger partial charge in [0.2, 0.25) is 0 Å². The Hall–Kier alpha value is -2.32. The van der Waals surface area contributed by atoms with Crippen molar-refractivity contribution >= 4 is 23.2 Å². The fourth-order valence-electron chi connectivity index (χ4n) is 1.80. The third kappa shape index (κ3) is 5.11. The molecule has 0 atom stereocenters. The first-order valence-electron chi connectivity index (χ1n) is 7.06. The zero-order valence-electron chi connectivity index (χ0n) is 12.3. The number of thiazole rings is 1. The molecule has 0 saturated carbocycles. The minimum atomic E-state index is -0.397. The van der Waals surface area contributed by atoms with Crippen molar-refractivity contribution in [1.82, 2.24) is 15.6 Å². The summed E-state index contributed by atoms with van der Waals surface area (Å²) in [6, 6.07) is 5.24. The molecule has 1 aromatic carbocycles. The number of nitrogens with one attached hydrogen (secondary N) is 2. The van der Waals surface area contributed by atoms with Crippen molar-refractivity contribution in [1.29, 1.82) is 0 Å². The zero-order valence-corrected chi connectivity index (χ0v) is 13.2. The molecule has 122 valence electrons. The summed E-state index contributed by atoms with van der Waals surface area (Å²) in [6.07, 6.45) is 0.645. The van der Waals surface area contributed by atoms with Crippen LogP contribution in [0.25, 0.3) is 0 Å². The maximum atomic E-state index is 12.8. The monoisotopic (exact) mass is 336 g/mol. The first kappa shape index (κ1) is 17.0. The summed E-state index contributed by atoms with van der Waals surface area (Å²) in [5.74, 6) is -1.01. The van der Waals surface area contributed by atoms with Gasteiger partial charge in [-0.3, -0.25) is 9.59 Å². The maximum Gasteiger partial charge on any atom is 0.270 e. The highest BCUT2D eigenvalue weighted by molar-refractivity contribution is 7.09. The molecular weight excluding hydrogens is 319 g/mol. The number of nitrogens with zero attached hydrogens (tertiary/aromatic N) is 1. The molecular formula is C15H17FN4O2S. The van der Waals surface area contributed by atoms with Gasteiger partial charge in [0.15, 0.2) is 0 Å². The summed E-state index contributed by atoms with van der Waals surface area (Å²) >= 11 is 1.39.